The minimum atomic E-state index is 0.262. The first-order valence-corrected chi connectivity index (χ1v) is 6.52. The van der Waals surface area contributed by atoms with Gasteiger partial charge in [0, 0.05) is 24.4 Å². The van der Waals surface area contributed by atoms with Crippen molar-refractivity contribution < 1.29 is 4.79 Å². The van der Waals surface area contributed by atoms with Crippen LogP contribution in [0, 0.1) is 11.3 Å². The molecule has 13 heavy (non-hydrogen) atoms. The van der Waals surface area contributed by atoms with Crippen LogP contribution in [0.1, 0.15) is 26.2 Å². The number of carbonyl (C=O) groups excluding carboxylic acids is 1. The van der Waals surface area contributed by atoms with E-state index >= 15 is 0 Å². The van der Waals surface area contributed by atoms with E-state index in [0.717, 1.165) is 19.0 Å². The minimum absolute atomic E-state index is 0.262. The Morgan fingerprint density at radius 1 is 1.69 bits per heavy atom. The van der Waals surface area contributed by atoms with Gasteiger partial charge in [-0.05, 0) is 30.6 Å². The molecule has 2 fully saturated rings. The second kappa shape index (κ2) is 3.41. The number of halogens is 1. The minimum Gasteiger partial charge on any atom is -0.342 e. The van der Waals surface area contributed by atoms with E-state index in [2.05, 4.69) is 22.6 Å². The molecule has 0 radical (unpaired) electrons. The van der Waals surface area contributed by atoms with Crippen molar-refractivity contribution in [1.29, 1.82) is 0 Å². The normalized spacial score (nSPS) is 38.0. The van der Waals surface area contributed by atoms with Gasteiger partial charge in [-0.2, -0.15) is 0 Å². The molecule has 1 saturated heterocycles. The monoisotopic (exact) mass is 293 g/mol. The molecular formula is C10H16INO. The molecule has 2 aliphatic rings. The van der Waals surface area contributed by atoms with Gasteiger partial charge in [0.15, 0.2) is 0 Å². The quantitative estimate of drug-likeness (QED) is 0.535. The molecule has 0 bridgehead atoms. The molecule has 1 saturated carbocycles. The lowest BCUT2D eigenvalue weighted by Crippen LogP contribution is -2.40. The van der Waals surface area contributed by atoms with Crippen LogP contribution in [0.3, 0.4) is 0 Å². The SMILES string of the molecule is CC(=O)N1CCCC2(CC2CI)C1. The average molecular weight is 293 g/mol. The zero-order chi connectivity index (χ0) is 9.47. The molecule has 0 aromatic rings. The highest BCUT2D eigenvalue weighted by Gasteiger charge is 2.54. The molecule has 3 heteroatoms. The maximum Gasteiger partial charge on any atom is 0.219 e. The largest absolute Gasteiger partial charge is 0.342 e. The summed E-state index contributed by atoms with van der Waals surface area (Å²) >= 11 is 2.47. The van der Waals surface area contributed by atoms with E-state index in [-0.39, 0.29) is 5.91 Å². The topological polar surface area (TPSA) is 20.3 Å². The fraction of sp³-hybridized carbons (Fsp3) is 0.900. The van der Waals surface area contributed by atoms with Gasteiger partial charge in [-0.3, -0.25) is 4.79 Å². The zero-order valence-electron chi connectivity index (χ0n) is 8.05. The van der Waals surface area contributed by atoms with E-state index in [1.54, 1.807) is 6.92 Å². The summed E-state index contributed by atoms with van der Waals surface area (Å²) < 4.78 is 1.27. The summed E-state index contributed by atoms with van der Waals surface area (Å²) in [6, 6.07) is 0. The van der Waals surface area contributed by atoms with Crippen molar-refractivity contribution in [2.45, 2.75) is 26.2 Å². The van der Waals surface area contributed by atoms with Crippen LogP contribution in [-0.4, -0.2) is 28.3 Å². The lowest BCUT2D eigenvalue weighted by molar-refractivity contribution is -0.131. The Morgan fingerprint density at radius 2 is 2.46 bits per heavy atom. The average Bonchev–Trinajstić information content (AvgIpc) is 2.78. The number of hydrogen-bond donors (Lipinski definition) is 0. The third-order valence-corrected chi connectivity index (χ3v) is 4.66. The van der Waals surface area contributed by atoms with Gasteiger partial charge in [-0.1, -0.05) is 22.6 Å². The molecule has 0 aromatic carbocycles. The molecule has 0 N–H and O–H groups in total. The predicted molar refractivity (Wildman–Crippen MR) is 60.9 cm³/mol. The molecule has 1 amide bonds. The molecule has 2 unspecified atom stereocenters. The molecule has 0 aromatic heterocycles. The molecule has 1 aliphatic carbocycles. The van der Waals surface area contributed by atoms with Crippen LogP contribution in [0.15, 0.2) is 0 Å². The second-order valence-electron chi connectivity index (χ2n) is 4.46. The van der Waals surface area contributed by atoms with E-state index < -0.39 is 0 Å². The summed E-state index contributed by atoms with van der Waals surface area (Å²) in [7, 11) is 0. The molecule has 2 atom stereocenters. The maximum atomic E-state index is 11.2. The van der Waals surface area contributed by atoms with Crippen LogP contribution in [0.4, 0.5) is 0 Å². The Hall–Kier alpha value is 0.200. The Morgan fingerprint density at radius 3 is 3.00 bits per heavy atom. The van der Waals surface area contributed by atoms with E-state index in [1.165, 1.54) is 23.7 Å². The number of hydrogen-bond acceptors (Lipinski definition) is 1. The van der Waals surface area contributed by atoms with Gasteiger partial charge >= 0.3 is 0 Å². The van der Waals surface area contributed by atoms with E-state index in [4.69, 9.17) is 0 Å². The number of alkyl halides is 1. The van der Waals surface area contributed by atoms with Gasteiger partial charge in [0.05, 0.1) is 0 Å². The fourth-order valence-corrected chi connectivity index (χ4v) is 3.82. The Balaban J connectivity index is 1.98. The number of piperidine rings is 1. The van der Waals surface area contributed by atoms with Crippen LogP contribution in [0.25, 0.3) is 0 Å². The van der Waals surface area contributed by atoms with Crippen LogP contribution in [-0.2, 0) is 4.79 Å². The highest BCUT2D eigenvalue weighted by molar-refractivity contribution is 14.1. The van der Waals surface area contributed by atoms with E-state index in [9.17, 15) is 4.79 Å². The summed E-state index contributed by atoms with van der Waals surface area (Å²) in [5.41, 5.74) is 0.547. The molecular weight excluding hydrogens is 277 g/mol. The first kappa shape index (κ1) is 9.74. The third-order valence-electron chi connectivity index (χ3n) is 3.60. The van der Waals surface area contributed by atoms with Crippen molar-refractivity contribution in [3.05, 3.63) is 0 Å². The van der Waals surface area contributed by atoms with Crippen LogP contribution < -0.4 is 0 Å². The Labute approximate surface area is 93.2 Å². The van der Waals surface area contributed by atoms with E-state index in [0.29, 0.717) is 5.41 Å². The molecule has 2 nitrogen and oxygen atoms in total. The standard InChI is InChI=1S/C10H16INO/c1-8(13)12-4-2-3-10(7-12)5-9(10)6-11/h9H,2-7H2,1H3. The molecule has 2 rings (SSSR count). The van der Waals surface area contributed by atoms with Crippen LogP contribution >= 0.6 is 22.6 Å². The highest BCUT2D eigenvalue weighted by atomic mass is 127. The van der Waals surface area contributed by atoms with Gasteiger partial charge in [0.25, 0.3) is 0 Å². The van der Waals surface area contributed by atoms with Crippen molar-refractivity contribution >= 4 is 28.5 Å². The smallest absolute Gasteiger partial charge is 0.219 e. The van der Waals surface area contributed by atoms with Crippen molar-refractivity contribution in [3.8, 4) is 0 Å². The van der Waals surface area contributed by atoms with Gasteiger partial charge in [-0.15, -0.1) is 0 Å². The maximum absolute atomic E-state index is 11.2. The van der Waals surface area contributed by atoms with Crippen molar-refractivity contribution in [1.82, 2.24) is 4.90 Å². The summed E-state index contributed by atoms with van der Waals surface area (Å²) in [4.78, 5) is 13.3. The number of likely N-dealkylation sites (tertiary alicyclic amines) is 1. The lowest BCUT2D eigenvalue weighted by Gasteiger charge is -2.33. The van der Waals surface area contributed by atoms with Crippen molar-refractivity contribution in [2.75, 3.05) is 17.5 Å². The number of nitrogens with zero attached hydrogens (tertiary/aromatic N) is 1. The highest BCUT2D eigenvalue weighted by Crippen LogP contribution is 2.58. The summed E-state index contributed by atoms with van der Waals surface area (Å²) in [6.45, 7) is 3.72. The fourth-order valence-electron chi connectivity index (χ4n) is 2.58. The molecule has 1 heterocycles. The number of amides is 1. The summed E-state index contributed by atoms with van der Waals surface area (Å²) in [6.07, 6.45) is 3.93. The molecule has 74 valence electrons. The summed E-state index contributed by atoms with van der Waals surface area (Å²) in [5, 5.41) is 0. The first-order valence-electron chi connectivity index (χ1n) is 4.99. The van der Waals surface area contributed by atoms with Gasteiger partial charge in [0.2, 0.25) is 5.91 Å². The molecule has 1 aliphatic heterocycles. The third kappa shape index (κ3) is 1.72. The predicted octanol–water partition coefficient (Wildman–Crippen LogP) is 2.07. The van der Waals surface area contributed by atoms with E-state index in [1.807, 2.05) is 4.90 Å². The second-order valence-corrected chi connectivity index (χ2v) is 5.34. The molecule has 1 spiro atoms. The van der Waals surface area contributed by atoms with Crippen LogP contribution in [0.2, 0.25) is 0 Å². The Bertz CT molecular complexity index is 231. The van der Waals surface area contributed by atoms with Gasteiger partial charge < -0.3 is 4.90 Å². The summed E-state index contributed by atoms with van der Waals surface area (Å²) in [5.74, 6) is 1.16. The number of rotatable bonds is 1. The van der Waals surface area contributed by atoms with Crippen molar-refractivity contribution in [2.24, 2.45) is 11.3 Å². The van der Waals surface area contributed by atoms with Gasteiger partial charge in [-0.25, -0.2) is 0 Å². The van der Waals surface area contributed by atoms with Crippen LogP contribution in [0.5, 0.6) is 0 Å². The Kier molecular flexibility index (Phi) is 2.55. The lowest BCUT2D eigenvalue weighted by atomic mass is 9.93. The van der Waals surface area contributed by atoms with Crippen molar-refractivity contribution in [3.63, 3.8) is 0 Å². The van der Waals surface area contributed by atoms with Gasteiger partial charge in [0.1, 0.15) is 0 Å². The zero-order valence-corrected chi connectivity index (χ0v) is 10.2. The first-order chi connectivity index (χ1) is 6.18. The number of carbonyl (C=O) groups is 1.